The lowest BCUT2D eigenvalue weighted by Crippen LogP contribution is -2.20. The lowest BCUT2D eigenvalue weighted by atomic mass is 9.98. The zero-order valence-corrected chi connectivity index (χ0v) is 12.8. The van der Waals surface area contributed by atoms with Crippen molar-refractivity contribution >= 4 is 49.6 Å². The first-order valence-corrected chi connectivity index (χ1v) is 7.70. The van der Waals surface area contributed by atoms with E-state index in [0.717, 1.165) is 27.4 Å². The molecule has 0 spiro atoms. The molecule has 0 fully saturated rings. The highest BCUT2D eigenvalue weighted by Gasteiger charge is 2.33. The van der Waals surface area contributed by atoms with Crippen molar-refractivity contribution in [3.8, 4) is 0 Å². The second kappa shape index (κ2) is 4.18. The maximum Gasteiger partial charge on any atom is 0.259 e. The molecule has 0 saturated heterocycles. The number of hydrogen-bond donors (Lipinski definition) is 1. The molecule has 0 aliphatic carbocycles. The van der Waals surface area contributed by atoms with Crippen molar-refractivity contribution in [2.45, 2.75) is 5.33 Å². The van der Waals surface area contributed by atoms with Crippen LogP contribution in [0.3, 0.4) is 0 Å². The molecule has 1 N–H and O–H groups in total. The number of halogens is 1. The fourth-order valence-electron chi connectivity index (χ4n) is 3.19. The van der Waals surface area contributed by atoms with Gasteiger partial charge in [0.1, 0.15) is 0 Å². The molecule has 2 heterocycles. The zero-order chi connectivity index (χ0) is 14.7. The fourth-order valence-corrected chi connectivity index (χ4v) is 3.63. The molecule has 2 aromatic carbocycles. The van der Waals surface area contributed by atoms with Crippen molar-refractivity contribution < 1.29 is 9.59 Å². The summed E-state index contributed by atoms with van der Waals surface area (Å²) < 4.78 is 2.06. The van der Waals surface area contributed by atoms with Gasteiger partial charge in [0.2, 0.25) is 0 Å². The van der Waals surface area contributed by atoms with E-state index in [0.29, 0.717) is 16.5 Å². The van der Waals surface area contributed by atoms with Crippen LogP contribution in [0, 0.1) is 0 Å². The van der Waals surface area contributed by atoms with E-state index < -0.39 is 0 Å². The average molecular weight is 343 g/mol. The predicted molar refractivity (Wildman–Crippen MR) is 84.9 cm³/mol. The molecule has 0 bridgehead atoms. The molecular weight excluding hydrogens is 332 g/mol. The van der Waals surface area contributed by atoms with Crippen LogP contribution in [-0.4, -0.2) is 16.4 Å². The highest BCUT2D eigenvalue weighted by atomic mass is 79.9. The van der Waals surface area contributed by atoms with E-state index in [4.69, 9.17) is 0 Å². The van der Waals surface area contributed by atoms with Crippen molar-refractivity contribution in [2.75, 3.05) is 0 Å². The topological polar surface area (TPSA) is 51.1 Å². The number of carbonyl (C=O) groups excluding carboxylic acids is 2. The van der Waals surface area contributed by atoms with Gasteiger partial charge in [-0.2, -0.15) is 0 Å². The monoisotopic (exact) mass is 342 g/mol. The minimum atomic E-state index is -0.306. The first kappa shape index (κ1) is 12.6. The van der Waals surface area contributed by atoms with Gasteiger partial charge in [0.15, 0.2) is 0 Å². The van der Waals surface area contributed by atoms with Crippen LogP contribution in [-0.2, 0) is 12.4 Å². The molecule has 4 nitrogen and oxygen atoms in total. The van der Waals surface area contributed by atoms with E-state index in [1.165, 1.54) is 0 Å². The van der Waals surface area contributed by atoms with Gasteiger partial charge in [0.05, 0.1) is 11.1 Å². The number of hydrogen-bond acceptors (Lipinski definition) is 2. The van der Waals surface area contributed by atoms with Gasteiger partial charge in [-0.15, -0.1) is 0 Å². The van der Waals surface area contributed by atoms with Crippen molar-refractivity contribution in [1.82, 2.24) is 9.88 Å². The number of fused-ring (bicyclic) bond motifs is 5. The standard InChI is InChI=1S/C16H11BrN2O2/c1-19-10-5-3-2-4-9(10)13-11(19)6-8(7-17)12-14(13)16(21)18-15(12)20/h2-6H,7H2,1H3,(H,18,20,21). The first-order valence-electron chi connectivity index (χ1n) is 6.58. The van der Waals surface area contributed by atoms with Crippen molar-refractivity contribution in [3.63, 3.8) is 0 Å². The summed E-state index contributed by atoms with van der Waals surface area (Å²) >= 11 is 3.41. The molecule has 2 amide bonds. The quantitative estimate of drug-likeness (QED) is 0.545. The molecule has 3 aromatic rings. The van der Waals surface area contributed by atoms with Gasteiger partial charge in [-0.25, -0.2) is 0 Å². The third-order valence-corrected chi connectivity index (χ3v) is 4.71. The van der Waals surface area contributed by atoms with E-state index >= 15 is 0 Å². The Morgan fingerprint density at radius 2 is 1.81 bits per heavy atom. The maximum atomic E-state index is 12.3. The number of carbonyl (C=O) groups is 2. The number of imide groups is 1. The second-order valence-electron chi connectivity index (χ2n) is 5.17. The second-order valence-corrected chi connectivity index (χ2v) is 5.73. The Bertz CT molecular complexity index is 956. The van der Waals surface area contributed by atoms with Gasteiger partial charge < -0.3 is 4.57 Å². The summed E-state index contributed by atoms with van der Waals surface area (Å²) in [6.07, 6.45) is 0. The zero-order valence-electron chi connectivity index (χ0n) is 11.2. The lowest BCUT2D eigenvalue weighted by Gasteiger charge is -2.06. The Balaban J connectivity index is 2.33. The Labute approximate surface area is 128 Å². The highest BCUT2D eigenvalue weighted by molar-refractivity contribution is 9.08. The van der Waals surface area contributed by atoms with Crippen molar-refractivity contribution in [1.29, 1.82) is 0 Å². The lowest BCUT2D eigenvalue weighted by molar-refractivity contribution is 0.0880. The van der Waals surface area contributed by atoms with Crippen LogP contribution in [0.5, 0.6) is 0 Å². The van der Waals surface area contributed by atoms with E-state index in [2.05, 4.69) is 25.8 Å². The van der Waals surface area contributed by atoms with Crippen LogP contribution in [0.2, 0.25) is 0 Å². The number of nitrogens with one attached hydrogen (secondary N) is 1. The van der Waals surface area contributed by atoms with Crippen molar-refractivity contribution in [3.05, 3.63) is 47.0 Å². The van der Waals surface area contributed by atoms with Crippen molar-refractivity contribution in [2.24, 2.45) is 7.05 Å². The Morgan fingerprint density at radius 1 is 1.10 bits per heavy atom. The number of benzene rings is 2. The average Bonchev–Trinajstić information content (AvgIpc) is 2.95. The van der Waals surface area contributed by atoms with Gasteiger partial charge in [-0.05, 0) is 17.7 Å². The minimum Gasteiger partial charge on any atom is -0.344 e. The molecule has 1 aliphatic rings. The summed E-state index contributed by atoms with van der Waals surface area (Å²) in [6, 6.07) is 9.91. The molecule has 0 radical (unpaired) electrons. The molecule has 1 aromatic heterocycles. The molecule has 0 saturated carbocycles. The van der Waals surface area contributed by atoms with E-state index in [9.17, 15) is 9.59 Å². The smallest absolute Gasteiger partial charge is 0.259 e. The summed E-state index contributed by atoms with van der Waals surface area (Å²) in [5, 5.41) is 4.81. The predicted octanol–water partition coefficient (Wildman–Crippen LogP) is 3.11. The SMILES string of the molecule is Cn1c2ccccc2c2c3c(c(CBr)cc21)C(=O)NC3=O. The number of amides is 2. The van der Waals surface area contributed by atoms with E-state index in [-0.39, 0.29) is 11.8 Å². The number of para-hydroxylation sites is 1. The summed E-state index contributed by atoms with van der Waals surface area (Å²) in [7, 11) is 1.98. The van der Waals surface area contributed by atoms with Gasteiger partial charge in [0, 0.05) is 34.2 Å². The van der Waals surface area contributed by atoms with Crippen LogP contribution in [0.1, 0.15) is 26.3 Å². The first-order chi connectivity index (χ1) is 10.1. The molecular formula is C16H11BrN2O2. The molecule has 21 heavy (non-hydrogen) atoms. The third kappa shape index (κ3) is 1.49. The van der Waals surface area contributed by atoms with Crippen LogP contribution < -0.4 is 5.32 Å². The summed E-state index contributed by atoms with van der Waals surface area (Å²) in [5.41, 5.74) is 3.86. The van der Waals surface area contributed by atoms with Crippen LogP contribution in [0.4, 0.5) is 0 Å². The van der Waals surface area contributed by atoms with Gasteiger partial charge in [-0.1, -0.05) is 34.1 Å². The molecule has 104 valence electrons. The molecule has 5 heteroatoms. The molecule has 0 unspecified atom stereocenters. The summed E-state index contributed by atoms with van der Waals surface area (Å²) in [4.78, 5) is 24.3. The maximum absolute atomic E-state index is 12.3. The van der Waals surface area contributed by atoms with Gasteiger partial charge in [-0.3, -0.25) is 14.9 Å². The number of alkyl halides is 1. The number of nitrogens with zero attached hydrogens (tertiary/aromatic N) is 1. The Kier molecular flexibility index (Phi) is 2.50. The number of aryl methyl sites for hydroxylation is 1. The molecule has 0 atom stereocenters. The van der Waals surface area contributed by atoms with E-state index in [1.807, 2.05) is 37.4 Å². The molecule has 1 aliphatic heterocycles. The van der Waals surface area contributed by atoms with Gasteiger partial charge in [0.25, 0.3) is 11.8 Å². The van der Waals surface area contributed by atoms with Crippen LogP contribution in [0.15, 0.2) is 30.3 Å². The van der Waals surface area contributed by atoms with Crippen LogP contribution >= 0.6 is 15.9 Å². The largest absolute Gasteiger partial charge is 0.344 e. The van der Waals surface area contributed by atoms with Gasteiger partial charge >= 0.3 is 0 Å². The normalized spacial score (nSPS) is 14.0. The number of rotatable bonds is 1. The fraction of sp³-hybridized carbons (Fsp3) is 0.125. The Morgan fingerprint density at radius 3 is 2.57 bits per heavy atom. The highest BCUT2D eigenvalue weighted by Crippen LogP contribution is 2.36. The summed E-state index contributed by atoms with van der Waals surface area (Å²) in [6.45, 7) is 0. The molecule has 4 rings (SSSR count). The summed E-state index contributed by atoms with van der Waals surface area (Å²) in [5.74, 6) is -0.613. The van der Waals surface area contributed by atoms with E-state index in [1.54, 1.807) is 0 Å². The third-order valence-electron chi connectivity index (χ3n) is 4.11. The number of aromatic nitrogens is 1. The minimum absolute atomic E-state index is 0.306. The van der Waals surface area contributed by atoms with Crippen LogP contribution in [0.25, 0.3) is 21.8 Å². The Hall–Kier alpha value is -2.14.